The van der Waals surface area contributed by atoms with E-state index in [0.717, 1.165) is 11.2 Å². The first-order valence-electron chi connectivity index (χ1n) is 6.33. The van der Waals surface area contributed by atoms with Crippen molar-refractivity contribution < 1.29 is 0 Å². The third-order valence-electron chi connectivity index (χ3n) is 3.05. The Kier molecular flexibility index (Phi) is 3.18. The molecule has 0 saturated heterocycles. The molecule has 0 aliphatic carbocycles. The molecule has 0 bridgehead atoms. The Hall–Kier alpha value is -1.93. The highest BCUT2D eigenvalue weighted by Crippen LogP contribution is 2.19. The van der Waals surface area contributed by atoms with Crippen LogP contribution < -0.4 is 0 Å². The standard InChI is InChI=1S/C17H15NS/c1-12-3-10-17-14(11-12)5-6-15(18-17)7-9-16-8-4-13(2)19-16/h3-11H,1-2H3/b9-7+. The summed E-state index contributed by atoms with van der Waals surface area (Å²) in [5.74, 6) is 0. The number of fused-ring (bicyclic) bond motifs is 1. The van der Waals surface area contributed by atoms with Crippen molar-refractivity contribution >= 4 is 34.4 Å². The molecule has 2 aromatic heterocycles. The summed E-state index contributed by atoms with van der Waals surface area (Å²) in [7, 11) is 0. The molecule has 3 rings (SSSR count). The molecule has 2 heterocycles. The maximum absolute atomic E-state index is 4.66. The molecule has 1 nitrogen and oxygen atoms in total. The van der Waals surface area contributed by atoms with Gasteiger partial charge < -0.3 is 0 Å². The summed E-state index contributed by atoms with van der Waals surface area (Å²) in [4.78, 5) is 7.26. The van der Waals surface area contributed by atoms with Crippen molar-refractivity contribution in [3.8, 4) is 0 Å². The summed E-state index contributed by atoms with van der Waals surface area (Å²) in [6.07, 6.45) is 4.20. The minimum atomic E-state index is 1.00. The monoisotopic (exact) mass is 265 g/mol. The second-order valence-electron chi connectivity index (χ2n) is 4.71. The van der Waals surface area contributed by atoms with Crippen molar-refractivity contribution in [2.75, 3.05) is 0 Å². The average Bonchev–Trinajstić information content (AvgIpc) is 2.82. The molecular weight excluding hydrogens is 250 g/mol. The molecule has 0 aliphatic heterocycles. The van der Waals surface area contributed by atoms with Crippen molar-refractivity contribution in [2.45, 2.75) is 13.8 Å². The zero-order chi connectivity index (χ0) is 13.2. The Balaban J connectivity index is 1.93. The predicted octanol–water partition coefficient (Wildman–Crippen LogP) is 5.08. The second kappa shape index (κ2) is 4.98. The summed E-state index contributed by atoms with van der Waals surface area (Å²) in [5.41, 5.74) is 3.32. The maximum atomic E-state index is 4.66. The van der Waals surface area contributed by atoms with Crippen molar-refractivity contribution in [1.82, 2.24) is 4.98 Å². The van der Waals surface area contributed by atoms with Gasteiger partial charge >= 0.3 is 0 Å². The number of hydrogen-bond acceptors (Lipinski definition) is 2. The van der Waals surface area contributed by atoms with Gasteiger partial charge in [-0.15, -0.1) is 11.3 Å². The lowest BCUT2D eigenvalue weighted by molar-refractivity contribution is 1.36. The molecular formula is C17H15NS. The number of nitrogens with zero attached hydrogens (tertiary/aromatic N) is 1. The van der Waals surface area contributed by atoms with E-state index >= 15 is 0 Å². The van der Waals surface area contributed by atoms with Crippen molar-refractivity contribution in [3.05, 3.63) is 63.5 Å². The Bertz CT molecular complexity index is 753. The molecule has 0 aliphatic rings. The van der Waals surface area contributed by atoms with Crippen LogP contribution in [-0.2, 0) is 0 Å². The number of rotatable bonds is 2. The maximum Gasteiger partial charge on any atom is 0.0709 e. The van der Waals surface area contributed by atoms with Gasteiger partial charge in [0.25, 0.3) is 0 Å². The minimum absolute atomic E-state index is 1.00. The third-order valence-corrected chi connectivity index (χ3v) is 4.01. The quantitative estimate of drug-likeness (QED) is 0.629. The van der Waals surface area contributed by atoms with Gasteiger partial charge in [-0.3, -0.25) is 0 Å². The van der Waals surface area contributed by atoms with E-state index in [2.05, 4.69) is 73.4 Å². The van der Waals surface area contributed by atoms with Crippen molar-refractivity contribution in [3.63, 3.8) is 0 Å². The smallest absolute Gasteiger partial charge is 0.0709 e. The van der Waals surface area contributed by atoms with E-state index in [9.17, 15) is 0 Å². The molecule has 0 fully saturated rings. The van der Waals surface area contributed by atoms with E-state index in [0.29, 0.717) is 0 Å². The van der Waals surface area contributed by atoms with Crippen molar-refractivity contribution in [1.29, 1.82) is 0 Å². The normalized spacial score (nSPS) is 11.5. The zero-order valence-electron chi connectivity index (χ0n) is 11.1. The van der Waals surface area contributed by atoms with Gasteiger partial charge in [-0.2, -0.15) is 0 Å². The molecule has 0 radical (unpaired) electrons. The Morgan fingerprint density at radius 1 is 0.947 bits per heavy atom. The zero-order valence-corrected chi connectivity index (χ0v) is 11.9. The van der Waals surface area contributed by atoms with E-state index in [4.69, 9.17) is 0 Å². The number of aryl methyl sites for hydroxylation is 2. The summed E-state index contributed by atoms with van der Waals surface area (Å²) in [6.45, 7) is 4.23. The Morgan fingerprint density at radius 3 is 2.63 bits per heavy atom. The lowest BCUT2D eigenvalue weighted by Gasteiger charge is -2.00. The van der Waals surface area contributed by atoms with Gasteiger partial charge in [0.2, 0.25) is 0 Å². The van der Waals surface area contributed by atoms with Crippen LogP contribution >= 0.6 is 11.3 Å². The molecule has 0 N–H and O–H groups in total. The van der Waals surface area contributed by atoms with Gasteiger partial charge in [0.05, 0.1) is 11.2 Å². The summed E-state index contributed by atoms with van der Waals surface area (Å²) in [6, 6.07) is 14.8. The van der Waals surface area contributed by atoms with Crippen LogP contribution in [0.1, 0.15) is 21.0 Å². The lowest BCUT2D eigenvalue weighted by atomic mass is 10.1. The number of aromatic nitrogens is 1. The highest BCUT2D eigenvalue weighted by Gasteiger charge is 1.97. The van der Waals surface area contributed by atoms with Crippen LogP contribution in [0, 0.1) is 13.8 Å². The van der Waals surface area contributed by atoms with Gasteiger partial charge in [0.1, 0.15) is 0 Å². The second-order valence-corrected chi connectivity index (χ2v) is 6.03. The molecule has 94 valence electrons. The highest BCUT2D eigenvalue weighted by atomic mass is 32.1. The molecule has 19 heavy (non-hydrogen) atoms. The first-order chi connectivity index (χ1) is 9.20. The highest BCUT2D eigenvalue weighted by molar-refractivity contribution is 7.12. The van der Waals surface area contributed by atoms with Gasteiger partial charge in [-0.25, -0.2) is 4.98 Å². The van der Waals surface area contributed by atoms with E-state index in [-0.39, 0.29) is 0 Å². The van der Waals surface area contributed by atoms with Crippen LogP contribution in [-0.4, -0.2) is 4.98 Å². The van der Waals surface area contributed by atoms with Crippen molar-refractivity contribution in [2.24, 2.45) is 0 Å². The molecule has 0 spiro atoms. The summed E-state index contributed by atoms with van der Waals surface area (Å²) in [5, 5.41) is 1.20. The molecule has 0 amide bonds. The minimum Gasteiger partial charge on any atom is -0.248 e. The molecule has 3 aromatic rings. The van der Waals surface area contributed by atoms with E-state index < -0.39 is 0 Å². The summed E-state index contributed by atoms with van der Waals surface area (Å²) >= 11 is 1.80. The first kappa shape index (κ1) is 12.1. The molecule has 0 atom stereocenters. The van der Waals surface area contributed by atoms with Crippen LogP contribution in [0.2, 0.25) is 0 Å². The Labute approximate surface area is 117 Å². The van der Waals surface area contributed by atoms with Crippen LogP contribution in [0.5, 0.6) is 0 Å². The largest absolute Gasteiger partial charge is 0.248 e. The summed E-state index contributed by atoms with van der Waals surface area (Å²) < 4.78 is 0. The third kappa shape index (κ3) is 2.74. The van der Waals surface area contributed by atoms with Gasteiger partial charge in [0.15, 0.2) is 0 Å². The molecule has 0 unspecified atom stereocenters. The fourth-order valence-corrected chi connectivity index (χ4v) is 2.84. The van der Waals surface area contributed by atoms with E-state index in [1.807, 2.05) is 0 Å². The Morgan fingerprint density at radius 2 is 1.84 bits per heavy atom. The lowest BCUT2D eigenvalue weighted by Crippen LogP contribution is -1.83. The van der Waals surface area contributed by atoms with Crippen LogP contribution in [0.3, 0.4) is 0 Å². The van der Waals surface area contributed by atoms with E-state index in [1.54, 1.807) is 11.3 Å². The topological polar surface area (TPSA) is 12.9 Å². The molecule has 1 aromatic carbocycles. The van der Waals surface area contributed by atoms with Crippen LogP contribution in [0.4, 0.5) is 0 Å². The number of benzene rings is 1. The van der Waals surface area contributed by atoms with Crippen LogP contribution in [0.15, 0.2) is 42.5 Å². The van der Waals surface area contributed by atoms with Gasteiger partial charge in [0, 0.05) is 15.1 Å². The fraction of sp³-hybridized carbons (Fsp3) is 0.118. The molecule has 0 saturated carbocycles. The van der Waals surface area contributed by atoms with Gasteiger partial charge in [-0.05, 0) is 56.3 Å². The number of pyridine rings is 1. The van der Waals surface area contributed by atoms with Gasteiger partial charge in [-0.1, -0.05) is 17.7 Å². The predicted molar refractivity (Wildman–Crippen MR) is 84.5 cm³/mol. The van der Waals surface area contributed by atoms with E-state index in [1.165, 1.54) is 20.7 Å². The first-order valence-corrected chi connectivity index (χ1v) is 7.14. The molecule has 2 heteroatoms. The average molecular weight is 265 g/mol. The van der Waals surface area contributed by atoms with Crippen LogP contribution in [0.25, 0.3) is 23.1 Å². The SMILES string of the molecule is Cc1ccc2nc(/C=C/c3ccc(C)s3)ccc2c1. The number of hydrogen-bond donors (Lipinski definition) is 0. The number of thiophene rings is 1. The fourth-order valence-electron chi connectivity index (χ4n) is 2.06.